The first kappa shape index (κ1) is 18.5. The molecule has 1 aliphatic rings. The number of rotatable bonds is 8. The highest BCUT2D eigenvalue weighted by Gasteiger charge is 2.42. The van der Waals surface area contributed by atoms with Crippen LogP contribution in [0.5, 0.6) is 0 Å². The molecule has 5 nitrogen and oxygen atoms in total. The lowest BCUT2D eigenvalue weighted by molar-refractivity contribution is -0.125. The van der Waals surface area contributed by atoms with Crippen LogP contribution >= 0.6 is 11.8 Å². The largest absolute Gasteiger partial charge is 0.354 e. The SMILES string of the molecule is CSCCC(C(=O)NCCC(C)C)N1C(=O)c2ccccc2C1=O. The highest BCUT2D eigenvalue weighted by atomic mass is 32.2. The second-order valence-corrected chi connectivity index (χ2v) is 7.28. The molecule has 0 saturated heterocycles. The maximum atomic E-state index is 12.6. The van der Waals surface area contributed by atoms with E-state index in [-0.39, 0.29) is 17.7 Å². The summed E-state index contributed by atoms with van der Waals surface area (Å²) in [7, 11) is 0. The predicted molar refractivity (Wildman–Crippen MR) is 96.2 cm³/mol. The minimum Gasteiger partial charge on any atom is -0.354 e. The van der Waals surface area contributed by atoms with Crippen molar-refractivity contribution in [3.8, 4) is 0 Å². The van der Waals surface area contributed by atoms with Gasteiger partial charge in [0.05, 0.1) is 11.1 Å². The first-order valence-electron chi connectivity index (χ1n) is 8.21. The van der Waals surface area contributed by atoms with Gasteiger partial charge in [-0.05, 0) is 42.9 Å². The van der Waals surface area contributed by atoms with Gasteiger partial charge in [0.25, 0.3) is 11.8 Å². The van der Waals surface area contributed by atoms with Crippen LogP contribution in [0.4, 0.5) is 0 Å². The van der Waals surface area contributed by atoms with Gasteiger partial charge in [0.2, 0.25) is 5.91 Å². The first-order valence-corrected chi connectivity index (χ1v) is 9.60. The Labute approximate surface area is 147 Å². The summed E-state index contributed by atoms with van der Waals surface area (Å²) < 4.78 is 0. The van der Waals surface area contributed by atoms with Crippen molar-refractivity contribution in [2.24, 2.45) is 5.92 Å². The number of thioether (sulfide) groups is 1. The lowest BCUT2D eigenvalue weighted by Crippen LogP contribution is -2.50. The molecule has 0 aliphatic carbocycles. The number of imide groups is 1. The minimum atomic E-state index is -0.753. The molecular formula is C18H24N2O3S. The van der Waals surface area contributed by atoms with Crippen molar-refractivity contribution in [1.29, 1.82) is 0 Å². The van der Waals surface area contributed by atoms with Crippen LogP contribution < -0.4 is 5.32 Å². The third-order valence-electron chi connectivity index (χ3n) is 4.06. The molecule has 0 spiro atoms. The maximum absolute atomic E-state index is 12.6. The zero-order valence-corrected chi connectivity index (χ0v) is 15.2. The predicted octanol–water partition coefficient (Wildman–Crippen LogP) is 2.57. The fourth-order valence-electron chi connectivity index (χ4n) is 2.70. The molecule has 3 amide bonds. The molecule has 6 heteroatoms. The van der Waals surface area contributed by atoms with Crippen molar-refractivity contribution >= 4 is 29.5 Å². The van der Waals surface area contributed by atoms with Crippen molar-refractivity contribution in [2.45, 2.75) is 32.7 Å². The molecule has 1 N–H and O–H groups in total. The Morgan fingerprint density at radius 1 is 1.12 bits per heavy atom. The molecule has 1 aliphatic heterocycles. The van der Waals surface area contributed by atoms with Crippen molar-refractivity contribution in [1.82, 2.24) is 10.2 Å². The Morgan fingerprint density at radius 2 is 1.71 bits per heavy atom. The van der Waals surface area contributed by atoms with E-state index in [4.69, 9.17) is 0 Å². The number of nitrogens with one attached hydrogen (secondary N) is 1. The van der Waals surface area contributed by atoms with Crippen molar-refractivity contribution in [2.75, 3.05) is 18.6 Å². The summed E-state index contributed by atoms with van der Waals surface area (Å²) in [4.78, 5) is 39.0. The van der Waals surface area contributed by atoms with Crippen LogP contribution in [0.3, 0.4) is 0 Å². The monoisotopic (exact) mass is 348 g/mol. The zero-order valence-electron chi connectivity index (χ0n) is 14.4. The van der Waals surface area contributed by atoms with Crippen molar-refractivity contribution < 1.29 is 14.4 Å². The van der Waals surface area contributed by atoms with Crippen LogP contribution in [0.2, 0.25) is 0 Å². The van der Waals surface area contributed by atoms with E-state index in [9.17, 15) is 14.4 Å². The van der Waals surface area contributed by atoms with Gasteiger partial charge in [-0.3, -0.25) is 19.3 Å². The summed E-state index contributed by atoms with van der Waals surface area (Å²) in [6, 6.07) is 5.98. The second kappa shape index (κ2) is 8.33. The molecule has 1 unspecified atom stereocenters. The van der Waals surface area contributed by atoms with Crippen LogP contribution in [0, 0.1) is 5.92 Å². The number of carbonyl (C=O) groups excluding carboxylic acids is 3. The van der Waals surface area contributed by atoms with E-state index < -0.39 is 6.04 Å². The maximum Gasteiger partial charge on any atom is 0.262 e. The Morgan fingerprint density at radius 3 is 2.21 bits per heavy atom. The molecule has 0 fully saturated rings. The number of carbonyl (C=O) groups is 3. The molecule has 2 rings (SSSR count). The van der Waals surface area contributed by atoms with E-state index in [0.29, 0.717) is 35.8 Å². The van der Waals surface area contributed by atoms with Crippen molar-refractivity contribution in [3.63, 3.8) is 0 Å². The van der Waals surface area contributed by atoms with Crippen molar-refractivity contribution in [3.05, 3.63) is 35.4 Å². The van der Waals surface area contributed by atoms with E-state index in [0.717, 1.165) is 11.3 Å². The average molecular weight is 348 g/mol. The lowest BCUT2D eigenvalue weighted by atomic mass is 10.1. The van der Waals surface area contributed by atoms with E-state index in [2.05, 4.69) is 19.2 Å². The van der Waals surface area contributed by atoms with E-state index >= 15 is 0 Å². The third kappa shape index (κ3) is 3.98. The summed E-state index contributed by atoms with van der Waals surface area (Å²) in [5.41, 5.74) is 0.762. The summed E-state index contributed by atoms with van der Waals surface area (Å²) in [6.07, 6.45) is 3.26. The van der Waals surface area contributed by atoms with Crippen LogP contribution in [0.15, 0.2) is 24.3 Å². The van der Waals surface area contributed by atoms with Crippen LogP contribution in [-0.4, -0.2) is 47.2 Å². The summed E-state index contributed by atoms with van der Waals surface area (Å²) in [5, 5.41) is 2.87. The summed E-state index contributed by atoms with van der Waals surface area (Å²) >= 11 is 1.59. The topological polar surface area (TPSA) is 66.5 Å². The molecule has 0 bridgehead atoms. The Kier molecular flexibility index (Phi) is 6.43. The average Bonchev–Trinajstić information content (AvgIpc) is 2.80. The second-order valence-electron chi connectivity index (χ2n) is 6.30. The van der Waals surface area contributed by atoms with Gasteiger partial charge in [0.1, 0.15) is 6.04 Å². The molecule has 0 radical (unpaired) electrons. The van der Waals surface area contributed by atoms with E-state index in [1.165, 1.54) is 0 Å². The molecular weight excluding hydrogens is 324 g/mol. The van der Waals surface area contributed by atoms with Gasteiger partial charge in [0.15, 0.2) is 0 Å². The zero-order chi connectivity index (χ0) is 17.7. The number of fused-ring (bicyclic) bond motifs is 1. The van der Waals surface area contributed by atoms with Gasteiger partial charge in [-0.15, -0.1) is 0 Å². The smallest absolute Gasteiger partial charge is 0.262 e. The quantitative estimate of drug-likeness (QED) is 0.733. The van der Waals surface area contributed by atoms with Gasteiger partial charge in [-0.2, -0.15) is 11.8 Å². The summed E-state index contributed by atoms with van der Waals surface area (Å²) in [5.74, 6) is 0.185. The Balaban J connectivity index is 2.17. The van der Waals surface area contributed by atoms with Gasteiger partial charge >= 0.3 is 0 Å². The number of nitrogens with zero attached hydrogens (tertiary/aromatic N) is 1. The minimum absolute atomic E-state index is 0.251. The lowest BCUT2D eigenvalue weighted by Gasteiger charge is -2.25. The molecule has 1 heterocycles. The highest BCUT2D eigenvalue weighted by Crippen LogP contribution is 2.26. The molecule has 1 aromatic rings. The third-order valence-corrected chi connectivity index (χ3v) is 4.70. The number of hydrogen-bond acceptors (Lipinski definition) is 4. The Hall–Kier alpha value is -1.82. The van der Waals surface area contributed by atoms with Gasteiger partial charge < -0.3 is 5.32 Å². The highest BCUT2D eigenvalue weighted by molar-refractivity contribution is 7.98. The molecule has 0 aromatic heterocycles. The van der Waals surface area contributed by atoms with Crippen LogP contribution in [0.25, 0.3) is 0 Å². The number of benzene rings is 1. The molecule has 1 aromatic carbocycles. The van der Waals surface area contributed by atoms with E-state index in [1.54, 1.807) is 36.0 Å². The molecule has 1 atom stereocenters. The Bertz CT molecular complexity index is 595. The fourth-order valence-corrected chi connectivity index (χ4v) is 3.16. The van der Waals surface area contributed by atoms with E-state index in [1.807, 2.05) is 6.26 Å². The molecule has 130 valence electrons. The molecule has 24 heavy (non-hydrogen) atoms. The van der Waals surface area contributed by atoms with Crippen LogP contribution in [-0.2, 0) is 4.79 Å². The number of amides is 3. The van der Waals surface area contributed by atoms with Gasteiger partial charge in [-0.1, -0.05) is 26.0 Å². The summed E-state index contributed by atoms with van der Waals surface area (Å²) in [6.45, 7) is 4.72. The van der Waals surface area contributed by atoms with Gasteiger partial charge in [-0.25, -0.2) is 0 Å². The first-order chi connectivity index (χ1) is 11.5. The standard InChI is InChI=1S/C18H24N2O3S/c1-12(2)8-10-19-16(21)15(9-11-24-3)20-17(22)13-6-4-5-7-14(13)18(20)23/h4-7,12,15H,8-11H2,1-3H3,(H,19,21). The molecule has 0 saturated carbocycles. The number of hydrogen-bond donors (Lipinski definition) is 1. The van der Waals surface area contributed by atoms with Gasteiger partial charge in [0, 0.05) is 6.54 Å². The van der Waals surface area contributed by atoms with Crippen LogP contribution in [0.1, 0.15) is 47.4 Å². The fraction of sp³-hybridized carbons (Fsp3) is 0.500. The normalized spacial score (nSPS) is 14.9.